The lowest BCUT2D eigenvalue weighted by atomic mass is 9.98. The van der Waals surface area contributed by atoms with Crippen molar-refractivity contribution in [3.05, 3.63) is 27.8 Å². The van der Waals surface area contributed by atoms with E-state index in [1.807, 2.05) is 13.8 Å². The molecular weight excluding hydrogens is 226 g/mol. The monoisotopic (exact) mass is 243 g/mol. The van der Waals surface area contributed by atoms with E-state index >= 15 is 0 Å². The molecule has 3 nitrogen and oxygen atoms in total. The molecular formula is C12H18ClNO2. The summed E-state index contributed by atoms with van der Waals surface area (Å²) in [5.74, 6) is 0.735. The Morgan fingerprint density at radius 1 is 1.44 bits per heavy atom. The summed E-state index contributed by atoms with van der Waals surface area (Å²) in [5.41, 5.74) is 8.04. The first kappa shape index (κ1) is 13.3. The van der Waals surface area contributed by atoms with Gasteiger partial charge >= 0.3 is 0 Å². The second-order valence-electron chi connectivity index (χ2n) is 3.82. The second kappa shape index (κ2) is 5.53. The van der Waals surface area contributed by atoms with Crippen LogP contribution in [0.1, 0.15) is 29.2 Å². The van der Waals surface area contributed by atoms with E-state index in [0.717, 1.165) is 22.4 Å². The Balaban J connectivity index is 3.25. The van der Waals surface area contributed by atoms with Gasteiger partial charge in [0.15, 0.2) is 0 Å². The summed E-state index contributed by atoms with van der Waals surface area (Å²) in [6.07, 6.45) is -0.0689. The molecule has 0 saturated carbocycles. The molecule has 0 fully saturated rings. The second-order valence-corrected chi connectivity index (χ2v) is 4.23. The largest absolute Gasteiger partial charge is 0.496 e. The van der Waals surface area contributed by atoms with Crippen molar-refractivity contribution in [2.75, 3.05) is 13.7 Å². The first-order valence-electron chi connectivity index (χ1n) is 5.24. The number of hydrogen-bond acceptors (Lipinski definition) is 3. The Bertz CT molecular complexity index is 380. The van der Waals surface area contributed by atoms with E-state index in [-0.39, 0.29) is 0 Å². The van der Waals surface area contributed by atoms with Crippen LogP contribution in [0.15, 0.2) is 6.07 Å². The topological polar surface area (TPSA) is 55.5 Å². The molecule has 0 aliphatic carbocycles. The van der Waals surface area contributed by atoms with Crippen LogP contribution in [0.3, 0.4) is 0 Å². The average Bonchev–Trinajstić information content (AvgIpc) is 2.24. The van der Waals surface area contributed by atoms with Gasteiger partial charge in [-0.05, 0) is 44.0 Å². The van der Waals surface area contributed by atoms with E-state index in [0.29, 0.717) is 18.0 Å². The summed E-state index contributed by atoms with van der Waals surface area (Å²) in [7, 11) is 1.60. The fourth-order valence-electron chi connectivity index (χ4n) is 1.84. The fourth-order valence-corrected chi connectivity index (χ4v) is 2.04. The zero-order valence-electron chi connectivity index (χ0n) is 9.88. The summed E-state index contributed by atoms with van der Waals surface area (Å²) in [4.78, 5) is 0. The Morgan fingerprint density at radius 2 is 2.06 bits per heavy atom. The molecule has 0 saturated heterocycles. The van der Waals surface area contributed by atoms with Gasteiger partial charge in [0.1, 0.15) is 5.75 Å². The van der Waals surface area contributed by atoms with E-state index in [2.05, 4.69) is 0 Å². The minimum absolute atomic E-state index is 0.439. The molecule has 0 amide bonds. The molecule has 1 aromatic carbocycles. The number of nitrogens with two attached hydrogens (primary N) is 1. The van der Waals surface area contributed by atoms with E-state index in [1.54, 1.807) is 13.2 Å². The van der Waals surface area contributed by atoms with Crippen LogP contribution in [0.5, 0.6) is 5.75 Å². The third kappa shape index (κ3) is 2.48. The zero-order valence-corrected chi connectivity index (χ0v) is 10.6. The summed E-state index contributed by atoms with van der Waals surface area (Å²) < 4.78 is 5.30. The minimum Gasteiger partial charge on any atom is -0.496 e. The lowest BCUT2D eigenvalue weighted by Crippen LogP contribution is -2.09. The first-order valence-corrected chi connectivity index (χ1v) is 5.62. The van der Waals surface area contributed by atoms with Crippen molar-refractivity contribution in [1.82, 2.24) is 0 Å². The molecule has 0 radical (unpaired) electrons. The Kier molecular flexibility index (Phi) is 4.59. The van der Waals surface area contributed by atoms with Crippen LogP contribution < -0.4 is 10.5 Å². The molecule has 0 heterocycles. The highest BCUT2D eigenvalue weighted by molar-refractivity contribution is 6.31. The average molecular weight is 244 g/mol. The molecule has 1 rings (SSSR count). The third-order valence-electron chi connectivity index (χ3n) is 2.76. The van der Waals surface area contributed by atoms with Gasteiger partial charge in [0.05, 0.1) is 13.2 Å². The third-order valence-corrected chi connectivity index (χ3v) is 3.15. The van der Waals surface area contributed by atoms with Gasteiger partial charge in [0.2, 0.25) is 0 Å². The standard InChI is InChI=1S/C12H18ClNO2/c1-7-9(11(15)4-5-14)6-10(13)8(2)12(7)16-3/h6,11,15H,4-5,14H2,1-3H3. The number of methoxy groups -OCH3 is 1. The van der Waals surface area contributed by atoms with Crippen molar-refractivity contribution in [1.29, 1.82) is 0 Å². The maximum Gasteiger partial charge on any atom is 0.126 e. The van der Waals surface area contributed by atoms with E-state index in [1.165, 1.54) is 0 Å². The molecule has 0 aliphatic heterocycles. The van der Waals surface area contributed by atoms with Gasteiger partial charge in [-0.2, -0.15) is 0 Å². The Morgan fingerprint density at radius 3 is 2.56 bits per heavy atom. The van der Waals surface area contributed by atoms with Crippen molar-refractivity contribution >= 4 is 11.6 Å². The maximum absolute atomic E-state index is 9.94. The summed E-state index contributed by atoms with van der Waals surface area (Å²) in [6, 6.07) is 1.79. The first-order chi connectivity index (χ1) is 7.52. The Labute approximate surface area is 101 Å². The quantitative estimate of drug-likeness (QED) is 0.854. The van der Waals surface area contributed by atoms with E-state index in [4.69, 9.17) is 22.1 Å². The van der Waals surface area contributed by atoms with Gasteiger partial charge in [0.25, 0.3) is 0 Å². The van der Waals surface area contributed by atoms with Crippen molar-refractivity contribution < 1.29 is 9.84 Å². The fraction of sp³-hybridized carbons (Fsp3) is 0.500. The molecule has 90 valence electrons. The lowest BCUT2D eigenvalue weighted by Gasteiger charge is -2.18. The number of ether oxygens (including phenoxy) is 1. The maximum atomic E-state index is 9.94. The SMILES string of the molecule is COc1c(C)c(Cl)cc(C(O)CCN)c1C. The molecule has 4 heteroatoms. The molecule has 0 aromatic heterocycles. The summed E-state index contributed by atoms with van der Waals surface area (Å²) >= 11 is 6.09. The van der Waals surface area contributed by atoms with Crippen molar-refractivity contribution in [3.8, 4) is 5.75 Å². The molecule has 1 unspecified atom stereocenters. The number of benzene rings is 1. The van der Waals surface area contributed by atoms with Crippen LogP contribution in [0.2, 0.25) is 5.02 Å². The van der Waals surface area contributed by atoms with Crippen molar-refractivity contribution in [2.45, 2.75) is 26.4 Å². The highest BCUT2D eigenvalue weighted by Gasteiger charge is 2.17. The van der Waals surface area contributed by atoms with Gasteiger partial charge in [-0.15, -0.1) is 0 Å². The zero-order chi connectivity index (χ0) is 12.3. The molecule has 1 aromatic rings. The van der Waals surface area contributed by atoms with Crippen LogP contribution in [0, 0.1) is 13.8 Å². The number of aliphatic hydroxyl groups is 1. The molecule has 0 spiro atoms. The molecule has 3 N–H and O–H groups in total. The summed E-state index contributed by atoms with van der Waals surface area (Å²) in [5, 5.41) is 10.5. The van der Waals surface area contributed by atoms with Crippen LogP contribution in [-0.4, -0.2) is 18.8 Å². The molecule has 0 aliphatic rings. The van der Waals surface area contributed by atoms with Crippen molar-refractivity contribution in [2.24, 2.45) is 5.73 Å². The summed E-state index contributed by atoms with van der Waals surface area (Å²) in [6.45, 7) is 4.25. The van der Waals surface area contributed by atoms with Crippen LogP contribution >= 0.6 is 11.6 Å². The van der Waals surface area contributed by atoms with Crippen LogP contribution in [0.25, 0.3) is 0 Å². The van der Waals surface area contributed by atoms with Gasteiger partial charge in [-0.3, -0.25) is 0 Å². The minimum atomic E-state index is -0.586. The number of rotatable bonds is 4. The lowest BCUT2D eigenvalue weighted by molar-refractivity contribution is 0.169. The van der Waals surface area contributed by atoms with Gasteiger partial charge < -0.3 is 15.6 Å². The van der Waals surface area contributed by atoms with Crippen LogP contribution in [-0.2, 0) is 0 Å². The van der Waals surface area contributed by atoms with E-state index in [9.17, 15) is 5.11 Å². The molecule has 0 bridgehead atoms. The van der Waals surface area contributed by atoms with Gasteiger partial charge in [-0.1, -0.05) is 11.6 Å². The highest BCUT2D eigenvalue weighted by Crippen LogP contribution is 2.35. The number of halogens is 1. The number of aliphatic hydroxyl groups excluding tert-OH is 1. The molecule has 1 atom stereocenters. The molecule has 16 heavy (non-hydrogen) atoms. The smallest absolute Gasteiger partial charge is 0.126 e. The Hall–Kier alpha value is -0.770. The van der Waals surface area contributed by atoms with Crippen molar-refractivity contribution in [3.63, 3.8) is 0 Å². The predicted octanol–water partition coefficient (Wildman–Crippen LogP) is 2.35. The van der Waals surface area contributed by atoms with E-state index < -0.39 is 6.10 Å². The number of hydrogen-bond donors (Lipinski definition) is 2. The highest BCUT2D eigenvalue weighted by atomic mass is 35.5. The normalized spacial score (nSPS) is 12.6. The predicted molar refractivity (Wildman–Crippen MR) is 66.1 cm³/mol. The van der Waals surface area contributed by atoms with Crippen LogP contribution in [0.4, 0.5) is 0 Å². The van der Waals surface area contributed by atoms with Gasteiger partial charge in [-0.25, -0.2) is 0 Å². The van der Waals surface area contributed by atoms with Gasteiger partial charge in [0, 0.05) is 10.6 Å².